The summed E-state index contributed by atoms with van der Waals surface area (Å²) in [5.41, 5.74) is 11.9. The molecule has 0 atom stereocenters. The van der Waals surface area contributed by atoms with Gasteiger partial charge in [0.25, 0.3) is 5.56 Å². The highest BCUT2D eigenvalue weighted by molar-refractivity contribution is 7.13. The molecule has 212 valence electrons. The third-order valence-electron chi connectivity index (χ3n) is 7.98. The Bertz CT molecular complexity index is 1770. The number of aromatic nitrogens is 5. The molecule has 1 aliphatic rings. The fourth-order valence-corrected chi connectivity index (χ4v) is 6.37. The number of nitrogens with zero attached hydrogens (tertiary/aromatic N) is 6. The molecular formula is C30H32FN7O2S. The van der Waals surface area contributed by atoms with Gasteiger partial charge in [0, 0.05) is 44.4 Å². The Morgan fingerprint density at radius 3 is 2.46 bits per heavy atom. The van der Waals surface area contributed by atoms with Crippen LogP contribution >= 0.6 is 11.3 Å². The zero-order valence-corrected chi connectivity index (χ0v) is 23.9. The van der Waals surface area contributed by atoms with E-state index in [0.29, 0.717) is 50.1 Å². The minimum atomic E-state index is -1.07. The number of nitrogens with two attached hydrogens (primary N) is 1. The Balaban J connectivity index is 1.14. The van der Waals surface area contributed by atoms with Crippen LogP contribution in [0.2, 0.25) is 0 Å². The van der Waals surface area contributed by atoms with Gasteiger partial charge in [0.15, 0.2) is 5.52 Å². The van der Waals surface area contributed by atoms with Gasteiger partial charge in [-0.05, 0) is 37.0 Å². The van der Waals surface area contributed by atoms with Crippen molar-refractivity contribution in [3.05, 3.63) is 87.3 Å². The fourth-order valence-electron chi connectivity index (χ4n) is 5.57. The van der Waals surface area contributed by atoms with Crippen molar-refractivity contribution >= 4 is 22.4 Å². The lowest BCUT2D eigenvalue weighted by Gasteiger charge is -2.38. The summed E-state index contributed by atoms with van der Waals surface area (Å²) >= 11 is 1.50. The summed E-state index contributed by atoms with van der Waals surface area (Å²) in [4.78, 5) is 25.3. The summed E-state index contributed by atoms with van der Waals surface area (Å²) in [6, 6.07) is 13.1. The van der Waals surface area contributed by atoms with E-state index in [-0.39, 0.29) is 23.4 Å². The molecule has 0 aliphatic carbocycles. The first kappa shape index (κ1) is 27.4. The standard InChI is InChI=1S/C30H32FN7O2S/c1-19-28(41-18-34-19)22-7-8-23(24(31)13-22)15-37-11-9-30(40,10-12-37)16-38-17-33-25-26(29(38)39)35-36(2)27(25)21-5-3-20(14-32)4-6-21/h3-8,13,17-18,40H,9-12,14-16,32H2,1-2H3. The van der Waals surface area contributed by atoms with Crippen molar-refractivity contribution in [3.8, 4) is 21.7 Å². The van der Waals surface area contributed by atoms with Gasteiger partial charge in [0.2, 0.25) is 0 Å². The highest BCUT2D eigenvalue weighted by Crippen LogP contribution is 2.30. The van der Waals surface area contributed by atoms with E-state index in [4.69, 9.17) is 5.73 Å². The predicted molar refractivity (Wildman–Crippen MR) is 158 cm³/mol. The lowest BCUT2D eigenvalue weighted by Crippen LogP contribution is -2.47. The van der Waals surface area contributed by atoms with Gasteiger partial charge in [-0.2, -0.15) is 5.10 Å². The summed E-state index contributed by atoms with van der Waals surface area (Å²) in [6.07, 6.45) is 2.41. The first-order valence-electron chi connectivity index (χ1n) is 13.6. The molecule has 9 nitrogen and oxygen atoms in total. The molecule has 0 radical (unpaired) electrons. The minimum absolute atomic E-state index is 0.122. The number of thiazole rings is 1. The third kappa shape index (κ3) is 5.33. The molecule has 41 heavy (non-hydrogen) atoms. The van der Waals surface area contributed by atoms with E-state index in [1.807, 2.05) is 43.3 Å². The van der Waals surface area contributed by atoms with Gasteiger partial charge in [0.05, 0.1) is 40.2 Å². The largest absolute Gasteiger partial charge is 0.388 e. The topological polar surface area (TPSA) is 115 Å². The molecular weight excluding hydrogens is 541 g/mol. The molecule has 0 spiro atoms. The molecule has 5 aromatic rings. The van der Waals surface area contributed by atoms with Gasteiger partial charge in [-0.1, -0.05) is 36.4 Å². The molecule has 6 rings (SSSR count). The second kappa shape index (κ2) is 10.9. The minimum Gasteiger partial charge on any atom is -0.388 e. The number of rotatable bonds is 7. The predicted octanol–water partition coefficient (Wildman–Crippen LogP) is 3.85. The van der Waals surface area contributed by atoms with Crippen molar-refractivity contribution in [1.29, 1.82) is 0 Å². The molecule has 0 unspecified atom stereocenters. The maximum absolute atomic E-state index is 15.0. The number of hydrogen-bond donors (Lipinski definition) is 2. The van der Waals surface area contributed by atoms with E-state index in [1.54, 1.807) is 23.3 Å². The van der Waals surface area contributed by atoms with Crippen molar-refractivity contribution in [2.75, 3.05) is 13.1 Å². The summed E-state index contributed by atoms with van der Waals surface area (Å²) in [5.74, 6) is -0.243. The molecule has 4 heterocycles. The SMILES string of the molecule is Cc1ncsc1-c1ccc(CN2CCC(O)(Cn3cnc4c(-c5ccc(CN)cc5)n(C)nc4c3=O)CC2)c(F)c1. The first-order valence-corrected chi connectivity index (χ1v) is 14.5. The lowest BCUT2D eigenvalue weighted by molar-refractivity contribution is -0.0366. The van der Waals surface area contributed by atoms with E-state index in [2.05, 4.69) is 20.0 Å². The van der Waals surface area contributed by atoms with Crippen molar-refractivity contribution in [3.63, 3.8) is 0 Å². The average molecular weight is 574 g/mol. The zero-order chi connectivity index (χ0) is 28.7. The molecule has 1 aliphatic heterocycles. The molecule has 11 heteroatoms. The summed E-state index contributed by atoms with van der Waals surface area (Å²) < 4.78 is 18.1. The molecule has 3 aromatic heterocycles. The van der Waals surface area contributed by atoms with Gasteiger partial charge in [-0.3, -0.25) is 18.9 Å². The molecule has 3 N–H and O–H groups in total. The highest BCUT2D eigenvalue weighted by Gasteiger charge is 2.33. The van der Waals surface area contributed by atoms with Crippen LogP contribution in [-0.4, -0.2) is 53.0 Å². The smallest absolute Gasteiger partial charge is 0.281 e. The maximum atomic E-state index is 15.0. The summed E-state index contributed by atoms with van der Waals surface area (Å²) in [5, 5.41) is 15.9. The Labute approximate surface area is 240 Å². The second-order valence-electron chi connectivity index (χ2n) is 10.8. The number of hydrogen-bond acceptors (Lipinski definition) is 8. The lowest BCUT2D eigenvalue weighted by atomic mass is 9.91. The van der Waals surface area contributed by atoms with Gasteiger partial charge in [-0.25, -0.2) is 14.4 Å². The van der Waals surface area contributed by atoms with Crippen LogP contribution in [0.1, 0.15) is 29.7 Å². The van der Waals surface area contributed by atoms with Crippen LogP contribution < -0.4 is 11.3 Å². The Morgan fingerprint density at radius 2 is 1.80 bits per heavy atom. The Morgan fingerprint density at radius 1 is 1.07 bits per heavy atom. The van der Waals surface area contributed by atoms with Crippen molar-refractivity contribution < 1.29 is 9.50 Å². The molecule has 0 amide bonds. The number of likely N-dealkylation sites (tertiary alicyclic amines) is 1. The monoisotopic (exact) mass is 573 g/mol. The third-order valence-corrected chi connectivity index (χ3v) is 8.96. The number of fused-ring (bicyclic) bond motifs is 1. The normalized spacial score (nSPS) is 15.5. The van der Waals surface area contributed by atoms with Crippen molar-refractivity contribution in [1.82, 2.24) is 29.2 Å². The van der Waals surface area contributed by atoms with E-state index < -0.39 is 5.60 Å². The number of halogens is 1. The number of piperidine rings is 1. The molecule has 2 aromatic carbocycles. The van der Waals surface area contributed by atoms with Gasteiger partial charge < -0.3 is 10.8 Å². The molecule has 0 saturated carbocycles. The Kier molecular flexibility index (Phi) is 7.28. The van der Waals surface area contributed by atoms with Crippen LogP contribution in [0, 0.1) is 12.7 Å². The van der Waals surface area contributed by atoms with Crippen LogP contribution in [0.25, 0.3) is 32.7 Å². The average Bonchev–Trinajstić information content (AvgIpc) is 3.55. The van der Waals surface area contributed by atoms with Crippen LogP contribution in [0.3, 0.4) is 0 Å². The number of benzene rings is 2. The van der Waals surface area contributed by atoms with Crippen molar-refractivity contribution in [2.24, 2.45) is 12.8 Å². The first-order chi connectivity index (χ1) is 19.7. The fraction of sp³-hybridized carbons (Fsp3) is 0.333. The van der Waals surface area contributed by atoms with Gasteiger partial charge >= 0.3 is 0 Å². The van der Waals surface area contributed by atoms with E-state index in [1.165, 1.54) is 22.2 Å². The van der Waals surface area contributed by atoms with Crippen LogP contribution in [-0.2, 0) is 26.7 Å². The number of aryl methyl sites for hydroxylation is 2. The summed E-state index contributed by atoms with van der Waals surface area (Å²) in [6.45, 7) is 4.13. The van der Waals surface area contributed by atoms with Gasteiger partial charge in [-0.15, -0.1) is 11.3 Å². The van der Waals surface area contributed by atoms with E-state index >= 15 is 0 Å². The highest BCUT2D eigenvalue weighted by atomic mass is 32.1. The quantitative estimate of drug-likeness (QED) is 0.304. The number of aliphatic hydroxyl groups is 1. The van der Waals surface area contributed by atoms with E-state index in [9.17, 15) is 14.3 Å². The van der Waals surface area contributed by atoms with Crippen LogP contribution in [0.15, 0.2) is 59.1 Å². The second-order valence-corrected chi connectivity index (χ2v) is 11.7. The zero-order valence-electron chi connectivity index (χ0n) is 23.0. The Hall–Kier alpha value is -3.77. The molecule has 1 saturated heterocycles. The van der Waals surface area contributed by atoms with Crippen molar-refractivity contribution in [2.45, 2.75) is 45.0 Å². The van der Waals surface area contributed by atoms with Crippen LogP contribution in [0.5, 0.6) is 0 Å². The van der Waals surface area contributed by atoms with E-state index in [0.717, 1.165) is 33.0 Å². The molecule has 0 bridgehead atoms. The maximum Gasteiger partial charge on any atom is 0.281 e. The van der Waals surface area contributed by atoms with Crippen LogP contribution in [0.4, 0.5) is 4.39 Å². The summed E-state index contributed by atoms with van der Waals surface area (Å²) in [7, 11) is 1.79. The molecule has 1 fully saturated rings. The van der Waals surface area contributed by atoms with Gasteiger partial charge in [0.1, 0.15) is 11.3 Å².